The third-order valence-corrected chi connectivity index (χ3v) is 6.59. The predicted molar refractivity (Wildman–Crippen MR) is 87.2 cm³/mol. The van der Waals surface area contributed by atoms with Crippen LogP contribution >= 0.6 is 11.3 Å². The van der Waals surface area contributed by atoms with Crippen LogP contribution in [-0.2, 0) is 16.6 Å². The average molecular weight is 333 g/mol. The van der Waals surface area contributed by atoms with Gasteiger partial charge in [-0.25, -0.2) is 8.42 Å². The molecule has 7 heteroatoms. The Kier molecular flexibility index (Phi) is 3.94. The number of thiophene rings is 1. The van der Waals surface area contributed by atoms with Crippen LogP contribution in [0.15, 0.2) is 47.8 Å². The number of sulfonamides is 1. The van der Waals surface area contributed by atoms with E-state index in [1.165, 1.54) is 15.6 Å². The molecule has 3 aromatic rings. The molecule has 0 amide bonds. The first-order valence-electron chi connectivity index (χ1n) is 6.69. The van der Waals surface area contributed by atoms with Gasteiger partial charge < -0.3 is 0 Å². The van der Waals surface area contributed by atoms with Crippen LogP contribution in [0, 0.1) is 6.92 Å². The van der Waals surface area contributed by atoms with Gasteiger partial charge >= 0.3 is 0 Å². The molecule has 0 aliphatic heterocycles. The Hall–Kier alpha value is -1.83. The molecule has 0 radical (unpaired) electrons. The molecule has 0 aliphatic carbocycles. The summed E-state index contributed by atoms with van der Waals surface area (Å²) in [5, 5.41) is 0.774. The van der Waals surface area contributed by atoms with Gasteiger partial charge in [0.25, 0.3) is 0 Å². The van der Waals surface area contributed by atoms with Gasteiger partial charge in [-0.1, -0.05) is 18.2 Å². The second kappa shape index (κ2) is 5.75. The van der Waals surface area contributed by atoms with Crippen LogP contribution < -0.4 is 0 Å². The number of hydrogen-bond acceptors (Lipinski definition) is 5. The number of aromatic nitrogens is 2. The van der Waals surface area contributed by atoms with E-state index in [4.69, 9.17) is 0 Å². The molecular weight excluding hydrogens is 318 g/mol. The van der Waals surface area contributed by atoms with Crippen LogP contribution in [0.3, 0.4) is 0 Å². The molecule has 1 aromatic carbocycles. The quantitative estimate of drug-likeness (QED) is 0.736. The third kappa shape index (κ3) is 2.63. The highest BCUT2D eigenvalue weighted by atomic mass is 32.2. The zero-order valence-electron chi connectivity index (χ0n) is 12.2. The summed E-state index contributed by atoms with van der Waals surface area (Å²) in [5.74, 6) is 0. The van der Waals surface area contributed by atoms with Crippen molar-refractivity contribution in [1.82, 2.24) is 14.3 Å². The SMILES string of the molecule is Cc1sc2ccccc2c1S(=O)(=O)N(C)Cc1cnccn1. The lowest BCUT2D eigenvalue weighted by Crippen LogP contribution is -2.27. The summed E-state index contributed by atoms with van der Waals surface area (Å²) < 4.78 is 28.1. The van der Waals surface area contributed by atoms with Crippen LogP contribution in [-0.4, -0.2) is 29.7 Å². The van der Waals surface area contributed by atoms with Crippen molar-refractivity contribution in [3.8, 4) is 0 Å². The van der Waals surface area contributed by atoms with E-state index in [9.17, 15) is 8.42 Å². The fourth-order valence-electron chi connectivity index (χ4n) is 2.35. The second-order valence-electron chi connectivity index (χ2n) is 4.94. The van der Waals surface area contributed by atoms with E-state index in [0.29, 0.717) is 10.6 Å². The molecule has 2 aromatic heterocycles. The molecule has 0 atom stereocenters. The average Bonchev–Trinajstić information content (AvgIpc) is 2.84. The maximum absolute atomic E-state index is 12.9. The molecule has 3 rings (SSSR count). The van der Waals surface area contributed by atoms with E-state index in [1.807, 2.05) is 31.2 Å². The minimum atomic E-state index is -3.58. The summed E-state index contributed by atoms with van der Waals surface area (Å²) >= 11 is 1.50. The molecule has 0 fully saturated rings. The molecule has 5 nitrogen and oxygen atoms in total. The highest BCUT2D eigenvalue weighted by Crippen LogP contribution is 2.35. The van der Waals surface area contributed by atoms with Gasteiger partial charge in [0.1, 0.15) is 4.90 Å². The minimum Gasteiger partial charge on any atom is -0.261 e. The molecule has 0 saturated heterocycles. The Morgan fingerprint density at radius 3 is 2.73 bits per heavy atom. The molecule has 0 saturated carbocycles. The maximum Gasteiger partial charge on any atom is 0.244 e. The molecule has 2 heterocycles. The Bertz CT molecular complexity index is 905. The van der Waals surface area contributed by atoms with Crippen molar-refractivity contribution >= 4 is 31.4 Å². The normalized spacial score (nSPS) is 12.1. The summed E-state index contributed by atoms with van der Waals surface area (Å²) in [5.41, 5.74) is 0.616. The fourth-order valence-corrected chi connectivity index (χ4v) is 5.24. The monoisotopic (exact) mass is 333 g/mol. The van der Waals surface area contributed by atoms with Crippen LogP contribution in [0.5, 0.6) is 0 Å². The Balaban J connectivity index is 2.03. The standard InChI is InChI=1S/C15H15N3O2S2/c1-11-15(13-5-3-4-6-14(13)21-11)22(19,20)18(2)10-12-9-16-7-8-17-12/h3-9H,10H2,1-2H3. The van der Waals surface area contributed by atoms with Crippen LogP contribution in [0.2, 0.25) is 0 Å². The number of fused-ring (bicyclic) bond motifs is 1. The minimum absolute atomic E-state index is 0.194. The molecule has 0 N–H and O–H groups in total. The highest BCUT2D eigenvalue weighted by molar-refractivity contribution is 7.89. The van der Waals surface area contributed by atoms with E-state index < -0.39 is 10.0 Å². The molecule has 114 valence electrons. The molecular formula is C15H15N3O2S2. The summed E-state index contributed by atoms with van der Waals surface area (Å²) in [4.78, 5) is 9.29. The largest absolute Gasteiger partial charge is 0.261 e. The summed E-state index contributed by atoms with van der Waals surface area (Å²) in [6, 6.07) is 7.56. The number of nitrogens with zero attached hydrogens (tertiary/aromatic N) is 3. The van der Waals surface area contributed by atoms with Crippen molar-refractivity contribution in [3.63, 3.8) is 0 Å². The zero-order chi connectivity index (χ0) is 15.7. The zero-order valence-corrected chi connectivity index (χ0v) is 13.9. The lowest BCUT2D eigenvalue weighted by atomic mass is 10.2. The second-order valence-corrected chi connectivity index (χ2v) is 8.18. The van der Waals surface area contributed by atoms with Gasteiger partial charge in [-0.3, -0.25) is 9.97 Å². The number of rotatable bonds is 4. The van der Waals surface area contributed by atoms with Crippen molar-refractivity contribution in [2.24, 2.45) is 0 Å². The summed E-state index contributed by atoms with van der Waals surface area (Å²) in [6.45, 7) is 2.04. The number of benzene rings is 1. The molecule has 0 aliphatic rings. The van der Waals surface area contributed by atoms with Gasteiger partial charge in [0, 0.05) is 40.6 Å². The molecule has 0 spiro atoms. The highest BCUT2D eigenvalue weighted by Gasteiger charge is 2.27. The van der Waals surface area contributed by atoms with Gasteiger partial charge in [0.05, 0.1) is 12.2 Å². The van der Waals surface area contributed by atoms with E-state index in [2.05, 4.69) is 9.97 Å². The summed E-state index contributed by atoms with van der Waals surface area (Å²) in [7, 11) is -2.01. The third-order valence-electron chi connectivity index (χ3n) is 3.38. The predicted octanol–water partition coefficient (Wildman–Crippen LogP) is 2.82. The van der Waals surface area contributed by atoms with Crippen molar-refractivity contribution in [2.45, 2.75) is 18.4 Å². The van der Waals surface area contributed by atoms with Gasteiger partial charge in [-0.2, -0.15) is 4.31 Å². The van der Waals surface area contributed by atoms with Crippen molar-refractivity contribution in [3.05, 3.63) is 53.4 Å². The van der Waals surface area contributed by atoms with Crippen LogP contribution in [0.25, 0.3) is 10.1 Å². The van der Waals surface area contributed by atoms with Crippen molar-refractivity contribution in [1.29, 1.82) is 0 Å². The number of hydrogen-bond donors (Lipinski definition) is 0. The first kappa shape index (κ1) is 15.1. The summed E-state index contributed by atoms with van der Waals surface area (Å²) in [6.07, 6.45) is 4.69. The molecule has 0 unspecified atom stereocenters. The van der Waals surface area contributed by atoms with Crippen LogP contribution in [0.4, 0.5) is 0 Å². The van der Waals surface area contributed by atoms with E-state index >= 15 is 0 Å². The number of aryl methyl sites for hydroxylation is 1. The Morgan fingerprint density at radius 2 is 2.00 bits per heavy atom. The fraction of sp³-hybridized carbons (Fsp3) is 0.200. The first-order valence-corrected chi connectivity index (χ1v) is 8.95. The van der Waals surface area contributed by atoms with Crippen molar-refractivity contribution in [2.75, 3.05) is 7.05 Å². The van der Waals surface area contributed by atoms with Gasteiger partial charge in [0.15, 0.2) is 0 Å². The maximum atomic E-state index is 12.9. The smallest absolute Gasteiger partial charge is 0.244 e. The van der Waals surface area contributed by atoms with Gasteiger partial charge in [-0.05, 0) is 13.0 Å². The van der Waals surface area contributed by atoms with Gasteiger partial charge in [0.2, 0.25) is 10.0 Å². The van der Waals surface area contributed by atoms with E-state index in [0.717, 1.165) is 15.0 Å². The van der Waals surface area contributed by atoms with Gasteiger partial charge in [-0.15, -0.1) is 11.3 Å². The van der Waals surface area contributed by atoms with Crippen LogP contribution in [0.1, 0.15) is 10.6 Å². The molecule has 0 bridgehead atoms. The van der Waals surface area contributed by atoms with E-state index in [-0.39, 0.29) is 6.54 Å². The Labute approximate surface area is 133 Å². The topological polar surface area (TPSA) is 63.2 Å². The Morgan fingerprint density at radius 1 is 1.23 bits per heavy atom. The lowest BCUT2D eigenvalue weighted by molar-refractivity contribution is 0.462. The van der Waals surface area contributed by atoms with Crippen molar-refractivity contribution < 1.29 is 8.42 Å². The molecule has 22 heavy (non-hydrogen) atoms. The van der Waals surface area contributed by atoms with E-state index in [1.54, 1.807) is 25.6 Å². The first-order chi connectivity index (χ1) is 10.5. The lowest BCUT2D eigenvalue weighted by Gasteiger charge is -2.17.